The van der Waals surface area contributed by atoms with E-state index in [1.165, 1.54) is 78.0 Å². The van der Waals surface area contributed by atoms with Crippen LogP contribution in [0.15, 0.2) is 188 Å². The molecule has 3 heterocycles. The van der Waals surface area contributed by atoms with Crippen LogP contribution in [0, 0.1) is 5.41 Å². The first-order chi connectivity index (χ1) is 37.8. The fourth-order valence-electron chi connectivity index (χ4n) is 11.9. The quantitative estimate of drug-likeness (QED) is 0.144. The van der Waals surface area contributed by atoms with Crippen LogP contribution >= 0.6 is 0 Å². The molecule has 5 heteroatoms. The molecule has 1 aliphatic rings. The average molecular weight is 1050 g/mol. The lowest BCUT2D eigenvalue weighted by Gasteiger charge is -2.32. The molecule has 406 valence electrons. The maximum absolute atomic E-state index is 6.96. The van der Waals surface area contributed by atoms with Crippen molar-refractivity contribution in [2.45, 2.75) is 132 Å². The number of ether oxygens (including phenoxy) is 1. The molecule has 0 bridgehead atoms. The van der Waals surface area contributed by atoms with Crippen LogP contribution in [0.2, 0.25) is 0 Å². The first-order valence-electron chi connectivity index (χ1n) is 28.7. The summed E-state index contributed by atoms with van der Waals surface area (Å²) in [6.45, 7) is 35.3. The van der Waals surface area contributed by atoms with Crippen LogP contribution in [-0.2, 0) is 28.1 Å². The molecule has 0 amide bonds. The van der Waals surface area contributed by atoms with Gasteiger partial charge in [-0.15, -0.1) is 0 Å². The number of aromatic nitrogens is 2. The standard InChI is InChI=1S/C75H80N4O/c1-71(2,3)47-49-31-38-66-68(41-49)78(48-77(66)54-23-22-24-55(45-54)80-56-36-37-60-59-27-18-21-30-65(59)79(67(60)46-56)69-44-52(39-40-76-69)72(4,5)6)70-61(51-34-32-50(33-35-51)57-25-16-19-28-63(57)74(10,11)12)42-53(73(7,8)9)43-62(70)58-26-17-20-29-64(58)75(13,14)15/h16-46H,47-48H2,1-15H3. The summed E-state index contributed by atoms with van der Waals surface area (Å²) >= 11 is 0. The van der Waals surface area contributed by atoms with Crippen molar-refractivity contribution < 1.29 is 4.74 Å². The minimum Gasteiger partial charge on any atom is -0.457 e. The molecule has 0 saturated heterocycles. The van der Waals surface area contributed by atoms with Gasteiger partial charge < -0.3 is 14.5 Å². The van der Waals surface area contributed by atoms with Crippen LogP contribution < -0.4 is 14.5 Å². The molecule has 11 rings (SSSR count). The van der Waals surface area contributed by atoms with Crippen molar-refractivity contribution in [3.8, 4) is 50.7 Å². The zero-order valence-electron chi connectivity index (χ0n) is 50.0. The van der Waals surface area contributed by atoms with Crippen molar-refractivity contribution in [2.24, 2.45) is 5.41 Å². The highest BCUT2D eigenvalue weighted by atomic mass is 16.5. The Balaban J connectivity index is 1.07. The first-order valence-corrected chi connectivity index (χ1v) is 28.7. The molecule has 0 saturated carbocycles. The van der Waals surface area contributed by atoms with Crippen LogP contribution in [0.5, 0.6) is 11.5 Å². The summed E-state index contributed by atoms with van der Waals surface area (Å²) in [5.74, 6) is 2.43. The molecule has 0 radical (unpaired) electrons. The lowest BCUT2D eigenvalue weighted by atomic mass is 9.78. The van der Waals surface area contributed by atoms with Crippen molar-refractivity contribution >= 4 is 44.6 Å². The Morgan fingerprint density at radius 2 is 1.02 bits per heavy atom. The number of para-hydroxylation sites is 1. The second kappa shape index (κ2) is 20.0. The molecular formula is C75H80N4O. The number of fused-ring (bicyclic) bond motifs is 4. The minimum atomic E-state index is -0.130. The van der Waals surface area contributed by atoms with Crippen molar-refractivity contribution in [3.63, 3.8) is 0 Å². The van der Waals surface area contributed by atoms with Crippen LogP contribution in [0.25, 0.3) is 61.0 Å². The van der Waals surface area contributed by atoms with E-state index in [0.717, 1.165) is 51.5 Å². The molecule has 0 unspecified atom stereocenters. The number of hydrogen-bond donors (Lipinski definition) is 0. The van der Waals surface area contributed by atoms with Crippen molar-refractivity contribution in [2.75, 3.05) is 16.5 Å². The van der Waals surface area contributed by atoms with E-state index in [4.69, 9.17) is 9.72 Å². The fraction of sp³-hybridized carbons (Fsp3) is 0.293. The van der Waals surface area contributed by atoms with E-state index in [-0.39, 0.29) is 27.1 Å². The number of nitrogens with zero attached hydrogens (tertiary/aromatic N) is 4. The van der Waals surface area contributed by atoms with Crippen LogP contribution in [-0.4, -0.2) is 16.2 Å². The maximum Gasteiger partial charge on any atom is 0.137 e. The van der Waals surface area contributed by atoms with Crippen molar-refractivity contribution in [1.29, 1.82) is 0 Å². The van der Waals surface area contributed by atoms with Gasteiger partial charge in [0.25, 0.3) is 0 Å². The molecule has 8 aromatic carbocycles. The third-order valence-corrected chi connectivity index (χ3v) is 16.0. The van der Waals surface area contributed by atoms with Gasteiger partial charge in [-0.05, 0) is 150 Å². The van der Waals surface area contributed by atoms with Gasteiger partial charge in [0.15, 0.2) is 0 Å². The lowest BCUT2D eigenvalue weighted by molar-refractivity contribution is 0.411. The Hall–Kier alpha value is -7.89. The second-order valence-corrected chi connectivity index (χ2v) is 27.7. The Morgan fingerprint density at radius 3 is 1.70 bits per heavy atom. The Morgan fingerprint density at radius 1 is 0.425 bits per heavy atom. The summed E-state index contributed by atoms with van der Waals surface area (Å²) in [6.07, 6.45) is 2.88. The molecule has 0 N–H and O–H groups in total. The highest BCUT2D eigenvalue weighted by Crippen LogP contribution is 2.53. The third-order valence-electron chi connectivity index (χ3n) is 16.0. The van der Waals surface area contributed by atoms with Crippen LogP contribution in [0.3, 0.4) is 0 Å². The third kappa shape index (κ3) is 10.6. The summed E-state index contributed by atoms with van der Waals surface area (Å²) in [4.78, 5) is 10.0. The molecule has 0 aliphatic carbocycles. The van der Waals surface area contributed by atoms with E-state index in [9.17, 15) is 0 Å². The van der Waals surface area contributed by atoms with Crippen LogP contribution in [0.1, 0.15) is 132 Å². The summed E-state index contributed by atoms with van der Waals surface area (Å²) in [5.41, 5.74) is 20.5. The fourth-order valence-corrected chi connectivity index (χ4v) is 11.9. The average Bonchev–Trinajstić information content (AvgIpc) is 4.11. The lowest BCUT2D eigenvalue weighted by Crippen LogP contribution is -2.25. The maximum atomic E-state index is 6.96. The molecule has 0 atom stereocenters. The van der Waals surface area contributed by atoms with Gasteiger partial charge in [0.05, 0.1) is 28.1 Å². The van der Waals surface area contributed by atoms with Gasteiger partial charge in [0.1, 0.15) is 24.0 Å². The molecule has 80 heavy (non-hydrogen) atoms. The van der Waals surface area contributed by atoms with Crippen molar-refractivity contribution in [3.05, 3.63) is 216 Å². The van der Waals surface area contributed by atoms with Gasteiger partial charge in [-0.2, -0.15) is 0 Å². The van der Waals surface area contributed by atoms with E-state index in [1.54, 1.807) is 0 Å². The zero-order valence-corrected chi connectivity index (χ0v) is 50.0. The summed E-state index contributed by atoms with van der Waals surface area (Å²) in [6, 6.07) is 67.6. The molecule has 1 aliphatic heterocycles. The molecule has 0 spiro atoms. The predicted molar refractivity (Wildman–Crippen MR) is 341 cm³/mol. The smallest absolute Gasteiger partial charge is 0.137 e. The molecular weight excluding hydrogens is 973 g/mol. The number of pyridine rings is 1. The van der Waals surface area contributed by atoms with E-state index in [0.29, 0.717) is 6.67 Å². The number of hydrogen-bond acceptors (Lipinski definition) is 4. The van der Waals surface area contributed by atoms with E-state index in [1.807, 2.05) is 6.20 Å². The number of anilines is 4. The SMILES string of the molecule is CC(C)(C)Cc1ccc2c(c1)N(c1c(-c3ccc(-c4ccccc4C(C)(C)C)cc3)cc(C(C)(C)C)cc1-c1ccccc1C(C)(C)C)CN2c1cccc(Oc2ccc3c4ccccc4n(-c4cc(C(C)(C)C)ccn4)c3c2)c1. The Kier molecular flexibility index (Phi) is 13.5. The van der Waals surface area contributed by atoms with Gasteiger partial charge in [0.2, 0.25) is 0 Å². The number of benzene rings is 8. The van der Waals surface area contributed by atoms with Gasteiger partial charge in [-0.1, -0.05) is 207 Å². The normalized spacial score (nSPS) is 13.4. The monoisotopic (exact) mass is 1050 g/mol. The van der Waals surface area contributed by atoms with E-state index >= 15 is 0 Å². The zero-order chi connectivity index (χ0) is 56.7. The molecule has 5 nitrogen and oxygen atoms in total. The number of rotatable bonds is 9. The predicted octanol–water partition coefficient (Wildman–Crippen LogP) is 21.0. The summed E-state index contributed by atoms with van der Waals surface area (Å²) in [7, 11) is 0. The molecule has 2 aromatic heterocycles. The van der Waals surface area contributed by atoms with E-state index in [2.05, 4.69) is 300 Å². The largest absolute Gasteiger partial charge is 0.457 e. The van der Waals surface area contributed by atoms with Gasteiger partial charge in [-0.3, -0.25) is 4.57 Å². The van der Waals surface area contributed by atoms with Gasteiger partial charge in [-0.25, -0.2) is 4.98 Å². The van der Waals surface area contributed by atoms with E-state index < -0.39 is 0 Å². The van der Waals surface area contributed by atoms with Crippen LogP contribution in [0.4, 0.5) is 22.7 Å². The minimum absolute atomic E-state index is 0.000454. The summed E-state index contributed by atoms with van der Waals surface area (Å²) < 4.78 is 9.24. The summed E-state index contributed by atoms with van der Waals surface area (Å²) in [5, 5.41) is 2.34. The highest BCUT2D eigenvalue weighted by Gasteiger charge is 2.35. The second-order valence-electron chi connectivity index (χ2n) is 27.7. The Bertz CT molecular complexity index is 3950. The van der Waals surface area contributed by atoms with Crippen molar-refractivity contribution in [1.82, 2.24) is 9.55 Å². The van der Waals surface area contributed by atoms with Gasteiger partial charge >= 0.3 is 0 Å². The highest BCUT2D eigenvalue weighted by molar-refractivity contribution is 6.09. The first kappa shape index (κ1) is 54.1. The Labute approximate surface area is 476 Å². The van der Waals surface area contributed by atoms with Gasteiger partial charge in [0, 0.05) is 45.9 Å². The molecule has 0 fully saturated rings. The molecule has 10 aromatic rings. The topological polar surface area (TPSA) is 33.5 Å².